The van der Waals surface area contributed by atoms with Gasteiger partial charge in [0, 0.05) is 50.8 Å². The zero-order valence-electron chi connectivity index (χ0n) is 20.1. The number of carbonyl (C=O) groups is 2. The van der Waals surface area contributed by atoms with E-state index >= 15 is 0 Å². The standard InChI is InChI=1S/C26H35N5O2/c1-19-22-13-14-23(32)31(16-7-11-20-9-5-4-6-10-20)26(22)28-25(27-19)21-12-8-15-30(17-21)18-24(33)29(2)3/h4-6,9-10,21H,7-8,11-18H2,1-3H3/t21-/m1/s1. The van der Waals surface area contributed by atoms with Gasteiger partial charge in [0.25, 0.3) is 0 Å². The summed E-state index contributed by atoms with van der Waals surface area (Å²) in [6.07, 6.45) is 5.10. The monoisotopic (exact) mass is 449 g/mol. The number of amides is 2. The van der Waals surface area contributed by atoms with Gasteiger partial charge in [0.15, 0.2) is 0 Å². The molecule has 0 N–H and O–H groups in total. The van der Waals surface area contributed by atoms with Crippen LogP contribution in [0.1, 0.15) is 54.2 Å². The maximum atomic E-state index is 12.9. The van der Waals surface area contributed by atoms with Crippen LogP contribution in [0.3, 0.4) is 0 Å². The predicted molar refractivity (Wildman–Crippen MR) is 129 cm³/mol. The molecule has 1 aromatic heterocycles. The molecule has 2 aliphatic rings. The quantitative estimate of drug-likeness (QED) is 0.650. The van der Waals surface area contributed by atoms with Gasteiger partial charge in [0.05, 0.1) is 6.54 Å². The second-order valence-electron chi connectivity index (χ2n) is 9.47. The molecule has 3 heterocycles. The minimum absolute atomic E-state index is 0.119. The van der Waals surface area contributed by atoms with E-state index in [0.717, 1.165) is 61.7 Å². The van der Waals surface area contributed by atoms with Gasteiger partial charge in [-0.3, -0.25) is 19.4 Å². The Balaban J connectivity index is 1.50. The Morgan fingerprint density at radius 1 is 1.15 bits per heavy atom. The fourth-order valence-corrected chi connectivity index (χ4v) is 4.84. The summed E-state index contributed by atoms with van der Waals surface area (Å²) in [5.41, 5.74) is 3.38. The normalized spacial score (nSPS) is 18.8. The zero-order valence-corrected chi connectivity index (χ0v) is 20.1. The highest BCUT2D eigenvalue weighted by molar-refractivity contribution is 5.95. The average molecular weight is 450 g/mol. The van der Waals surface area contributed by atoms with Gasteiger partial charge in [0.1, 0.15) is 11.6 Å². The molecule has 176 valence electrons. The van der Waals surface area contributed by atoms with Gasteiger partial charge < -0.3 is 4.90 Å². The van der Waals surface area contributed by atoms with Crippen LogP contribution in [-0.2, 0) is 22.4 Å². The van der Waals surface area contributed by atoms with Crippen LogP contribution < -0.4 is 4.90 Å². The highest BCUT2D eigenvalue weighted by Crippen LogP contribution is 2.32. The van der Waals surface area contributed by atoms with Gasteiger partial charge in [0.2, 0.25) is 11.8 Å². The lowest BCUT2D eigenvalue weighted by molar-refractivity contribution is -0.130. The van der Waals surface area contributed by atoms with Crippen LogP contribution in [0.2, 0.25) is 0 Å². The lowest BCUT2D eigenvalue weighted by atomic mass is 9.96. The SMILES string of the molecule is Cc1nc([C@@H]2CCCN(CC(=O)N(C)C)C2)nc2c1CCC(=O)N2CCCc1ccccc1. The highest BCUT2D eigenvalue weighted by atomic mass is 16.2. The van der Waals surface area contributed by atoms with Crippen LogP contribution in [0.15, 0.2) is 30.3 Å². The Morgan fingerprint density at radius 3 is 2.70 bits per heavy atom. The van der Waals surface area contributed by atoms with Crippen molar-refractivity contribution in [2.24, 2.45) is 0 Å². The molecule has 0 bridgehead atoms. The molecule has 0 spiro atoms. The van der Waals surface area contributed by atoms with E-state index in [1.807, 2.05) is 17.9 Å². The average Bonchev–Trinajstić information content (AvgIpc) is 2.81. The Hall–Kier alpha value is -2.80. The smallest absolute Gasteiger partial charge is 0.236 e. The van der Waals surface area contributed by atoms with Crippen molar-refractivity contribution in [2.45, 2.75) is 51.4 Å². The second-order valence-corrected chi connectivity index (χ2v) is 9.47. The molecule has 0 aliphatic carbocycles. The third-order valence-electron chi connectivity index (χ3n) is 6.77. The molecule has 0 unspecified atom stereocenters. The number of fused-ring (bicyclic) bond motifs is 1. The van der Waals surface area contributed by atoms with Gasteiger partial charge in [-0.25, -0.2) is 9.97 Å². The van der Waals surface area contributed by atoms with Crippen molar-refractivity contribution in [2.75, 3.05) is 45.2 Å². The first-order valence-corrected chi connectivity index (χ1v) is 12.1. The van der Waals surface area contributed by atoms with E-state index in [2.05, 4.69) is 29.2 Å². The van der Waals surface area contributed by atoms with Crippen LogP contribution in [-0.4, -0.2) is 71.9 Å². The summed E-state index contributed by atoms with van der Waals surface area (Å²) in [7, 11) is 3.59. The molecule has 1 fully saturated rings. The molecule has 7 heteroatoms. The first-order valence-electron chi connectivity index (χ1n) is 12.1. The number of aromatic nitrogens is 2. The fourth-order valence-electron chi connectivity index (χ4n) is 4.84. The second kappa shape index (κ2) is 10.4. The molecular weight excluding hydrogens is 414 g/mol. The summed E-state index contributed by atoms with van der Waals surface area (Å²) in [6, 6.07) is 10.4. The largest absolute Gasteiger partial charge is 0.348 e. The molecule has 4 rings (SSSR count). The van der Waals surface area contributed by atoms with E-state index < -0.39 is 0 Å². The fraction of sp³-hybridized carbons (Fsp3) is 0.538. The summed E-state index contributed by atoms with van der Waals surface area (Å²) in [5.74, 6) is 2.08. The highest BCUT2D eigenvalue weighted by Gasteiger charge is 2.31. The molecule has 7 nitrogen and oxygen atoms in total. The van der Waals surface area contributed by atoms with E-state index in [1.54, 1.807) is 19.0 Å². The molecule has 2 aliphatic heterocycles. The molecule has 33 heavy (non-hydrogen) atoms. The first kappa shape index (κ1) is 23.4. The number of likely N-dealkylation sites (tertiary alicyclic amines) is 1. The van der Waals surface area contributed by atoms with Gasteiger partial charge in [-0.2, -0.15) is 0 Å². The molecule has 1 aromatic carbocycles. The first-order chi connectivity index (χ1) is 15.9. The number of carbonyl (C=O) groups excluding carboxylic acids is 2. The molecule has 2 amide bonds. The van der Waals surface area contributed by atoms with Gasteiger partial charge >= 0.3 is 0 Å². The Kier molecular flexibility index (Phi) is 7.38. The summed E-state index contributed by atoms with van der Waals surface area (Å²) in [5, 5.41) is 0. The number of rotatable bonds is 7. The topological polar surface area (TPSA) is 69.6 Å². The van der Waals surface area contributed by atoms with E-state index in [-0.39, 0.29) is 17.7 Å². The third-order valence-corrected chi connectivity index (χ3v) is 6.77. The summed E-state index contributed by atoms with van der Waals surface area (Å²) >= 11 is 0. The summed E-state index contributed by atoms with van der Waals surface area (Å²) in [6.45, 7) is 4.84. The Labute approximate surface area is 196 Å². The lowest BCUT2D eigenvalue weighted by Gasteiger charge is -2.34. The maximum absolute atomic E-state index is 12.9. The van der Waals surface area contributed by atoms with Gasteiger partial charge in [-0.05, 0) is 51.1 Å². The number of likely N-dealkylation sites (N-methyl/N-ethyl adjacent to an activating group) is 1. The van der Waals surface area contributed by atoms with E-state index in [0.29, 0.717) is 25.9 Å². The van der Waals surface area contributed by atoms with Crippen LogP contribution in [0.25, 0.3) is 0 Å². The minimum atomic E-state index is 0.119. The van der Waals surface area contributed by atoms with Crippen molar-refractivity contribution in [3.05, 3.63) is 53.0 Å². The number of benzene rings is 1. The number of piperidine rings is 1. The molecule has 0 saturated carbocycles. The van der Waals surface area contributed by atoms with Crippen molar-refractivity contribution >= 4 is 17.6 Å². The zero-order chi connectivity index (χ0) is 23.4. The van der Waals surface area contributed by atoms with Crippen LogP contribution in [0.4, 0.5) is 5.82 Å². The van der Waals surface area contributed by atoms with Crippen molar-refractivity contribution in [3.63, 3.8) is 0 Å². The van der Waals surface area contributed by atoms with Crippen molar-refractivity contribution in [1.29, 1.82) is 0 Å². The number of anilines is 1. The molecule has 1 atom stereocenters. The van der Waals surface area contributed by atoms with Crippen LogP contribution in [0, 0.1) is 6.92 Å². The molecule has 1 saturated heterocycles. The summed E-state index contributed by atoms with van der Waals surface area (Å²) in [4.78, 5) is 40.6. The molecular formula is C26H35N5O2. The number of hydrogen-bond donors (Lipinski definition) is 0. The lowest BCUT2D eigenvalue weighted by Crippen LogP contribution is -2.42. The van der Waals surface area contributed by atoms with Crippen molar-refractivity contribution < 1.29 is 9.59 Å². The van der Waals surface area contributed by atoms with E-state index in [4.69, 9.17) is 9.97 Å². The predicted octanol–water partition coefficient (Wildman–Crippen LogP) is 2.96. The third kappa shape index (κ3) is 5.58. The van der Waals surface area contributed by atoms with Crippen LogP contribution >= 0.6 is 0 Å². The Bertz CT molecular complexity index is 992. The van der Waals surface area contributed by atoms with Crippen LogP contribution in [0.5, 0.6) is 0 Å². The van der Waals surface area contributed by atoms with Gasteiger partial charge in [-0.1, -0.05) is 30.3 Å². The van der Waals surface area contributed by atoms with Gasteiger partial charge in [-0.15, -0.1) is 0 Å². The molecule has 0 radical (unpaired) electrons. The maximum Gasteiger partial charge on any atom is 0.236 e. The number of hydrogen-bond acceptors (Lipinski definition) is 5. The Morgan fingerprint density at radius 2 is 1.94 bits per heavy atom. The van der Waals surface area contributed by atoms with E-state index in [9.17, 15) is 9.59 Å². The minimum Gasteiger partial charge on any atom is -0.348 e. The number of aryl methyl sites for hydroxylation is 2. The van der Waals surface area contributed by atoms with Crippen molar-refractivity contribution in [1.82, 2.24) is 19.8 Å². The van der Waals surface area contributed by atoms with Crippen molar-refractivity contribution in [3.8, 4) is 0 Å². The molecule has 2 aromatic rings. The summed E-state index contributed by atoms with van der Waals surface area (Å²) < 4.78 is 0. The van der Waals surface area contributed by atoms with E-state index in [1.165, 1.54) is 5.56 Å². The number of nitrogens with zero attached hydrogens (tertiary/aromatic N) is 5.